The van der Waals surface area contributed by atoms with Gasteiger partial charge >= 0.3 is 6.18 Å². The molecule has 31 heavy (non-hydrogen) atoms. The molecule has 0 spiro atoms. The number of amides is 1. The van der Waals surface area contributed by atoms with Crippen LogP contribution in [0.4, 0.5) is 18.9 Å². The van der Waals surface area contributed by atoms with Crippen molar-refractivity contribution >= 4 is 21.6 Å². The number of carbonyl (C=O) groups is 1. The van der Waals surface area contributed by atoms with Crippen molar-refractivity contribution < 1.29 is 26.4 Å². The van der Waals surface area contributed by atoms with Crippen LogP contribution in [0.5, 0.6) is 0 Å². The number of nitrogens with zero attached hydrogens (tertiary/aromatic N) is 2. The number of sulfonamides is 1. The van der Waals surface area contributed by atoms with Gasteiger partial charge in [0, 0.05) is 43.5 Å². The quantitative estimate of drug-likeness (QED) is 0.751. The number of hydrogen-bond acceptors (Lipinski definition) is 4. The van der Waals surface area contributed by atoms with E-state index < -0.39 is 21.8 Å². The van der Waals surface area contributed by atoms with Crippen LogP contribution in [0.15, 0.2) is 53.4 Å². The zero-order chi connectivity index (χ0) is 22.8. The predicted octanol–water partition coefficient (Wildman–Crippen LogP) is 3.35. The first-order chi connectivity index (χ1) is 14.5. The Kier molecular flexibility index (Phi) is 6.61. The van der Waals surface area contributed by atoms with Crippen molar-refractivity contribution in [1.29, 1.82) is 0 Å². The third-order valence-corrected chi connectivity index (χ3v) is 6.58. The zero-order valence-corrected chi connectivity index (χ0v) is 18.0. The van der Waals surface area contributed by atoms with Crippen LogP contribution in [-0.4, -0.2) is 51.4 Å². The number of nitrogens with one attached hydrogen (secondary N) is 1. The third kappa shape index (κ3) is 5.56. The number of halogens is 3. The topological polar surface area (TPSA) is 69.7 Å². The van der Waals surface area contributed by atoms with Gasteiger partial charge in [0.15, 0.2) is 0 Å². The van der Waals surface area contributed by atoms with E-state index in [-0.39, 0.29) is 16.8 Å². The Morgan fingerprint density at radius 2 is 1.61 bits per heavy atom. The highest BCUT2D eigenvalue weighted by Gasteiger charge is 2.31. The lowest BCUT2D eigenvalue weighted by Gasteiger charge is -2.36. The Hall–Kier alpha value is -2.59. The van der Waals surface area contributed by atoms with Gasteiger partial charge in [-0.25, -0.2) is 13.1 Å². The van der Waals surface area contributed by atoms with Gasteiger partial charge in [-0.3, -0.25) is 4.79 Å². The van der Waals surface area contributed by atoms with Gasteiger partial charge in [-0.05, 0) is 56.3 Å². The number of benzene rings is 2. The minimum atomic E-state index is -4.40. The summed E-state index contributed by atoms with van der Waals surface area (Å²) in [5.74, 6) is -0.246. The number of alkyl halides is 3. The van der Waals surface area contributed by atoms with Crippen LogP contribution in [0.3, 0.4) is 0 Å². The van der Waals surface area contributed by atoms with Crippen LogP contribution >= 0.6 is 0 Å². The summed E-state index contributed by atoms with van der Waals surface area (Å²) < 4.78 is 65.7. The Morgan fingerprint density at radius 1 is 1.00 bits per heavy atom. The summed E-state index contributed by atoms with van der Waals surface area (Å²) in [5.41, 5.74) is 0.121. The minimum Gasteiger partial charge on any atom is -0.368 e. The fourth-order valence-electron chi connectivity index (χ4n) is 3.38. The molecular weight excluding hydrogens is 431 g/mol. The maximum absolute atomic E-state index is 12.9. The van der Waals surface area contributed by atoms with Crippen molar-refractivity contribution in [3.63, 3.8) is 0 Å². The van der Waals surface area contributed by atoms with Crippen LogP contribution < -0.4 is 9.62 Å². The highest BCUT2D eigenvalue weighted by atomic mass is 32.2. The summed E-state index contributed by atoms with van der Waals surface area (Å²) in [7, 11) is -3.64. The molecule has 1 aliphatic rings. The van der Waals surface area contributed by atoms with Gasteiger partial charge in [0.25, 0.3) is 5.91 Å². The van der Waals surface area contributed by atoms with E-state index in [4.69, 9.17) is 0 Å². The van der Waals surface area contributed by atoms with E-state index in [0.717, 1.165) is 12.1 Å². The monoisotopic (exact) mass is 455 g/mol. The van der Waals surface area contributed by atoms with Gasteiger partial charge in [0.2, 0.25) is 10.0 Å². The van der Waals surface area contributed by atoms with E-state index in [1.165, 1.54) is 30.3 Å². The molecule has 0 atom stereocenters. The summed E-state index contributed by atoms with van der Waals surface area (Å²) in [5, 5.41) is 0. The molecule has 0 aliphatic carbocycles. The second-order valence-electron chi connectivity index (χ2n) is 7.63. The Balaban J connectivity index is 1.64. The number of anilines is 1. The van der Waals surface area contributed by atoms with Crippen LogP contribution in [0.1, 0.15) is 29.8 Å². The standard InChI is InChI=1S/C21H24F3N3O3S/c1-15(2)25-31(29,30)19-8-6-16(7-9-19)20(28)27-12-10-26(11-13-27)18-5-3-4-17(14-18)21(22,23)24/h3-9,14-15,25H,10-13H2,1-2H3. The van der Waals surface area contributed by atoms with Gasteiger partial charge in [-0.2, -0.15) is 13.2 Å². The molecule has 10 heteroatoms. The van der Waals surface area contributed by atoms with Gasteiger partial charge < -0.3 is 9.80 Å². The molecule has 0 saturated carbocycles. The lowest BCUT2D eigenvalue weighted by atomic mass is 10.1. The molecule has 3 rings (SSSR count). The van der Waals surface area contributed by atoms with E-state index in [2.05, 4.69) is 4.72 Å². The molecular formula is C21H24F3N3O3S. The molecule has 2 aromatic carbocycles. The minimum absolute atomic E-state index is 0.0760. The van der Waals surface area contributed by atoms with Gasteiger partial charge in [0.05, 0.1) is 10.5 Å². The van der Waals surface area contributed by atoms with E-state index in [9.17, 15) is 26.4 Å². The predicted molar refractivity (Wildman–Crippen MR) is 111 cm³/mol. The molecule has 1 heterocycles. The lowest BCUT2D eigenvalue weighted by molar-refractivity contribution is -0.137. The first kappa shape index (κ1) is 23.1. The van der Waals surface area contributed by atoms with Crippen molar-refractivity contribution in [2.24, 2.45) is 0 Å². The van der Waals surface area contributed by atoms with Gasteiger partial charge in [0.1, 0.15) is 0 Å². The van der Waals surface area contributed by atoms with E-state index in [0.29, 0.717) is 37.4 Å². The molecule has 1 saturated heterocycles. The van der Waals surface area contributed by atoms with E-state index >= 15 is 0 Å². The van der Waals surface area contributed by atoms with Crippen molar-refractivity contribution in [1.82, 2.24) is 9.62 Å². The molecule has 1 N–H and O–H groups in total. The molecule has 1 fully saturated rings. The second kappa shape index (κ2) is 8.88. The summed E-state index contributed by atoms with van der Waals surface area (Å²) in [6.07, 6.45) is -4.40. The molecule has 0 radical (unpaired) electrons. The Morgan fingerprint density at radius 3 is 2.16 bits per heavy atom. The van der Waals surface area contributed by atoms with E-state index in [1.807, 2.05) is 4.90 Å². The molecule has 1 aliphatic heterocycles. The largest absolute Gasteiger partial charge is 0.416 e. The fraction of sp³-hybridized carbons (Fsp3) is 0.381. The SMILES string of the molecule is CC(C)NS(=O)(=O)c1ccc(C(=O)N2CCN(c3cccc(C(F)(F)F)c3)CC2)cc1. The Labute approximate surface area is 179 Å². The zero-order valence-electron chi connectivity index (χ0n) is 17.2. The number of hydrogen-bond donors (Lipinski definition) is 1. The number of piperazine rings is 1. The van der Waals surface area contributed by atoms with Crippen LogP contribution in [-0.2, 0) is 16.2 Å². The summed E-state index contributed by atoms with van der Waals surface area (Å²) in [6.45, 7) is 4.94. The van der Waals surface area contributed by atoms with Crippen molar-refractivity contribution in [2.75, 3.05) is 31.1 Å². The fourth-order valence-corrected chi connectivity index (χ4v) is 4.64. The summed E-state index contributed by atoms with van der Waals surface area (Å²) in [6, 6.07) is 10.6. The maximum Gasteiger partial charge on any atom is 0.416 e. The number of carbonyl (C=O) groups excluding carboxylic acids is 1. The van der Waals surface area contributed by atoms with Crippen molar-refractivity contribution in [3.05, 3.63) is 59.7 Å². The average Bonchev–Trinajstić information content (AvgIpc) is 2.72. The highest BCUT2D eigenvalue weighted by Crippen LogP contribution is 2.32. The van der Waals surface area contributed by atoms with Crippen molar-refractivity contribution in [3.8, 4) is 0 Å². The average molecular weight is 456 g/mol. The van der Waals surface area contributed by atoms with Gasteiger partial charge in [-0.15, -0.1) is 0 Å². The molecule has 0 bridgehead atoms. The normalized spacial score (nSPS) is 15.4. The van der Waals surface area contributed by atoms with Crippen LogP contribution in [0, 0.1) is 0 Å². The smallest absolute Gasteiger partial charge is 0.368 e. The first-order valence-electron chi connectivity index (χ1n) is 9.81. The van der Waals surface area contributed by atoms with E-state index in [1.54, 1.807) is 24.8 Å². The maximum atomic E-state index is 12.9. The third-order valence-electron chi connectivity index (χ3n) is 4.91. The molecule has 0 aromatic heterocycles. The molecule has 2 aromatic rings. The summed E-state index contributed by atoms with van der Waals surface area (Å²) in [4.78, 5) is 16.3. The molecule has 6 nitrogen and oxygen atoms in total. The van der Waals surface area contributed by atoms with Crippen LogP contribution in [0.25, 0.3) is 0 Å². The second-order valence-corrected chi connectivity index (χ2v) is 9.34. The molecule has 168 valence electrons. The Bertz CT molecular complexity index is 1030. The highest BCUT2D eigenvalue weighted by molar-refractivity contribution is 7.89. The number of rotatable bonds is 5. The van der Waals surface area contributed by atoms with Crippen LogP contribution in [0.2, 0.25) is 0 Å². The van der Waals surface area contributed by atoms with Gasteiger partial charge in [-0.1, -0.05) is 6.07 Å². The summed E-state index contributed by atoms with van der Waals surface area (Å²) >= 11 is 0. The lowest BCUT2D eigenvalue weighted by Crippen LogP contribution is -2.48. The molecule has 0 unspecified atom stereocenters. The molecule has 1 amide bonds. The van der Waals surface area contributed by atoms with Crippen molar-refractivity contribution in [2.45, 2.75) is 31.0 Å². The first-order valence-corrected chi connectivity index (χ1v) is 11.3.